The van der Waals surface area contributed by atoms with Gasteiger partial charge in [-0.05, 0) is 43.2 Å². The Bertz CT molecular complexity index is 372. The van der Waals surface area contributed by atoms with Gasteiger partial charge in [-0.15, -0.1) is 0 Å². The standard InChI is InChI=1S/C18H30O5/c1-2-3-11-14-17(22-23-21)15-12-9-7-5-4-6-8-10-13-16-18(19)20/h3,7,9,11,15,21H,2,4-6,8,10,12-14,16H2,1H3,(H,19,20)/b9-7-,11-3-,17-15-. The molecule has 23 heavy (non-hydrogen) atoms. The first kappa shape index (κ1) is 21.4. The van der Waals surface area contributed by atoms with Crippen LogP contribution in [0, 0.1) is 0 Å². The van der Waals surface area contributed by atoms with Crippen LogP contribution in [0.4, 0.5) is 0 Å². The van der Waals surface area contributed by atoms with E-state index in [2.05, 4.69) is 29.0 Å². The summed E-state index contributed by atoms with van der Waals surface area (Å²) >= 11 is 0. The van der Waals surface area contributed by atoms with Crippen molar-refractivity contribution in [2.75, 3.05) is 0 Å². The van der Waals surface area contributed by atoms with Gasteiger partial charge in [0.2, 0.25) is 0 Å². The number of rotatable bonds is 15. The monoisotopic (exact) mass is 326 g/mol. The fraction of sp³-hybridized carbons (Fsp3) is 0.611. The van der Waals surface area contributed by atoms with Gasteiger partial charge in [0.1, 0.15) is 5.76 Å². The van der Waals surface area contributed by atoms with Crippen molar-refractivity contribution < 1.29 is 25.1 Å². The molecule has 0 amide bonds. The fourth-order valence-corrected chi connectivity index (χ4v) is 2.05. The molecule has 0 saturated carbocycles. The van der Waals surface area contributed by atoms with E-state index in [1.54, 1.807) is 0 Å². The highest BCUT2D eigenvalue weighted by Crippen LogP contribution is 2.09. The van der Waals surface area contributed by atoms with E-state index in [-0.39, 0.29) is 6.42 Å². The lowest BCUT2D eigenvalue weighted by molar-refractivity contribution is -0.472. The normalized spacial score (nSPS) is 12.3. The lowest BCUT2D eigenvalue weighted by Gasteiger charge is -2.01. The van der Waals surface area contributed by atoms with Crippen LogP contribution in [0.25, 0.3) is 0 Å². The van der Waals surface area contributed by atoms with Crippen LogP contribution >= 0.6 is 0 Å². The zero-order valence-corrected chi connectivity index (χ0v) is 14.1. The van der Waals surface area contributed by atoms with Crippen LogP contribution in [0.2, 0.25) is 0 Å². The Kier molecular flexibility index (Phi) is 15.6. The number of carboxylic acids is 1. The average Bonchev–Trinajstić information content (AvgIpc) is 2.52. The number of carboxylic acid groups (broad SMARTS) is 1. The molecule has 0 radical (unpaired) electrons. The van der Waals surface area contributed by atoms with Gasteiger partial charge >= 0.3 is 5.97 Å². The molecule has 0 aromatic heterocycles. The smallest absolute Gasteiger partial charge is 0.303 e. The number of aliphatic carboxylic acids is 1. The first-order chi connectivity index (χ1) is 11.2. The Balaban J connectivity index is 3.67. The molecule has 0 spiro atoms. The van der Waals surface area contributed by atoms with Crippen LogP contribution in [-0.4, -0.2) is 16.3 Å². The first-order valence-electron chi connectivity index (χ1n) is 8.39. The van der Waals surface area contributed by atoms with Gasteiger partial charge in [0.05, 0.1) is 0 Å². The third kappa shape index (κ3) is 16.6. The lowest BCUT2D eigenvalue weighted by atomic mass is 10.1. The Morgan fingerprint density at radius 1 is 1.00 bits per heavy atom. The summed E-state index contributed by atoms with van der Waals surface area (Å²) in [5.41, 5.74) is 0. The van der Waals surface area contributed by atoms with Gasteiger partial charge in [-0.1, -0.05) is 50.5 Å². The van der Waals surface area contributed by atoms with Crippen molar-refractivity contribution in [3.8, 4) is 0 Å². The fourth-order valence-electron chi connectivity index (χ4n) is 2.05. The summed E-state index contributed by atoms with van der Waals surface area (Å²) in [7, 11) is 0. The van der Waals surface area contributed by atoms with Crippen LogP contribution in [-0.2, 0) is 14.7 Å². The summed E-state index contributed by atoms with van der Waals surface area (Å²) in [5, 5.41) is 20.6. The van der Waals surface area contributed by atoms with Crippen LogP contribution < -0.4 is 0 Å². The zero-order valence-electron chi connectivity index (χ0n) is 14.1. The van der Waals surface area contributed by atoms with Crippen LogP contribution in [0.15, 0.2) is 36.1 Å². The van der Waals surface area contributed by atoms with Crippen LogP contribution in [0.5, 0.6) is 0 Å². The van der Waals surface area contributed by atoms with Crippen molar-refractivity contribution in [3.05, 3.63) is 36.1 Å². The second kappa shape index (κ2) is 16.8. The highest BCUT2D eigenvalue weighted by Gasteiger charge is 1.97. The maximum atomic E-state index is 10.3. The Morgan fingerprint density at radius 2 is 1.74 bits per heavy atom. The van der Waals surface area contributed by atoms with Gasteiger partial charge in [0, 0.05) is 12.8 Å². The molecule has 0 rings (SSSR count). The number of unbranched alkanes of at least 4 members (excludes halogenated alkanes) is 5. The van der Waals surface area contributed by atoms with E-state index in [0.717, 1.165) is 51.4 Å². The van der Waals surface area contributed by atoms with E-state index in [0.29, 0.717) is 12.2 Å². The van der Waals surface area contributed by atoms with Crippen molar-refractivity contribution in [2.24, 2.45) is 0 Å². The van der Waals surface area contributed by atoms with E-state index >= 15 is 0 Å². The lowest BCUT2D eigenvalue weighted by Crippen LogP contribution is -1.93. The molecule has 0 unspecified atom stereocenters. The molecular weight excluding hydrogens is 296 g/mol. The highest BCUT2D eigenvalue weighted by atomic mass is 17.5. The molecule has 2 N–H and O–H groups in total. The van der Waals surface area contributed by atoms with Crippen molar-refractivity contribution >= 4 is 5.97 Å². The summed E-state index contributed by atoms with van der Waals surface area (Å²) in [6, 6.07) is 0. The quantitative estimate of drug-likeness (QED) is 0.138. The Labute approximate surface area is 139 Å². The van der Waals surface area contributed by atoms with Crippen molar-refractivity contribution in [3.63, 3.8) is 0 Å². The summed E-state index contributed by atoms with van der Waals surface area (Å²) in [5.74, 6) is -0.124. The van der Waals surface area contributed by atoms with Gasteiger partial charge < -0.3 is 9.99 Å². The van der Waals surface area contributed by atoms with Crippen molar-refractivity contribution in [2.45, 2.75) is 71.1 Å². The molecule has 0 aliphatic rings. The second-order valence-electron chi connectivity index (χ2n) is 5.32. The van der Waals surface area contributed by atoms with E-state index in [1.165, 1.54) is 0 Å². The van der Waals surface area contributed by atoms with Crippen LogP contribution in [0.1, 0.15) is 71.1 Å². The first-order valence-corrected chi connectivity index (χ1v) is 8.39. The maximum absolute atomic E-state index is 10.3. The van der Waals surface area contributed by atoms with Crippen LogP contribution in [0.3, 0.4) is 0 Å². The van der Waals surface area contributed by atoms with Gasteiger partial charge in [0.15, 0.2) is 0 Å². The molecule has 0 aromatic carbocycles. The van der Waals surface area contributed by atoms with Crippen molar-refractivity contribution in [1.29, 1.82) is 0 Å². The van der Waals surface area contributed by atoms with Gasteiger partial charge in [-0.25, -0.2) is 5.26 Å². The summed E-state index contributed by atoms with van der Waals surface area (Å²) in [6.45, 7) is 2.05. The summed E-state index contributed by atoms with van der Waals surface area (Å²) in [6.07, 6.45) is 18.8. The minimum Gasteiger partial charge on any atom is -0.481 e. The predicted molar refractivity (Wildman–Crippen MR) is 90.6 cm³/mol. The molecule has 0 aliphatic heterocycles. The number of allylic oxidation sites excluding steroid dienone is 5. The van der Waals surface area contributed by atoms with Gasteiger partial charge in [-0.3, -0.25) is 4.79 Å². The molecule has 0 aromatic rings. The zero-order chi connectivity index (χ0) is 17.2. The third-order valence-electron chi connectivity index (χ3n) is 3.28. The summed E-state index contributed by atoms with van der Waals surface area (Å²) < 4.78 is 0. The van der Waals surface area contributed by atoms with E-state index < -0.39 is 5.97 Å². The Hall–Kier alpha value is -1.59. The molecule has 0 saturated heterocycles. The molecule has 0 atom stereocenters. The average molecular weight is 326 g/mol. The van der Waals surface area contributed by atoms with E-state index in [1.807, 2.05) is 18.2 Å². The topological polar surface area (TPSA) is 76.0 Å². The predicted octanol–water partition coefficient (Wildman–Crippen LogP) is 5.41. The molecule has 5 nitrogen and oxygen atoms in total. The molecule has 0 fully saturated rings. The summed E-state index contributed by atoms with van der Waals surface area (Å²) in [4.78, 5) is 15.0. The third-order valence-corrected chi connectivity index (χ3v) is 3.28. The highest BCUT2D eigenvalue weighted by molar-refractivity contribution is 5.66. The Morgan fingerprint density at radius 3 is 2.43 bits per heavy atom. The van der Waals surface area contributed by atoms with E-state index in [4.69, 9.17) is 10.4 Å². The minimum absolute atomic E-state index is 0.279. The van der Waals surface area contributed by atoms with Crippen molar-refractivity contribution in [1.82, 2.24) is 0 Å². The SMILES string of the molecule is CC/C=C\C/C(=C/C/C=C\CCCCCCCC(=O)O)OOO. The number of hydrogen-bond donors (Lipinski definition) is 2. The molecule has 5 heteroatoms. The minimum atomic E-state index is -0.707. The molecule has 132 valence electrons. The maximum Gasteiger partial charge on any atom is 0.303 e. The van der Waals surface area contributed by atoms with Gasteiger partial charge in [0.25, 0.3) is 0 Å². The van der Waals surface area contributed by atoms with E-state index in [9.17, 15) is 4.79 Å². The molecule has 0 heterocycles. The number of carbonyl (C=O) groups is 1. The largest absolute Gasteiger partial charge is 0.481 e. The molecule has 0 aliphatic carbocycles. The van der Waals surface area contributed by atoms with Gasteiger partial charge in [-0.2, -0.15) is 0 Å². The molecule has 0 bridgehead atoms. The second-order valence-corrected chi connectivity index (χ2v) is 5.32. The number of hydrogen-bond acceptors (Lipinski definition) is 4. The molecular formula is C18H30O5.